The molecule has 0 aliphatic carbocycles. The first-order valence-corrected chi connectivity index (χ1v) is 12.8. The molecule has 180 valence electrons. The lowest BCUT2D eigenvalue weighted by atomic mass is 9.99. The van der Waals surface area contributed by atoms with Gasteiger partial charge in [-0.2, -0.15) is 0 Å². The van der Waals surface area contributed by atoms with Gasteiger partial charge in [0.25, 0.3) is 0 Å². The molecule has 4 aromatic carbocycles. The van der Waals surface area contributed by atoms with Crippen LogP contribution in [0.1, 0.15) is 5.56 Å². The molecule has 7 rings (SSSR count). The number of aromatic nitrogens is 3. The lowest BCUT2D eigenvalue weighted by Crippen LogP contribution is -1.95. The standard InChI is InChI=1S/C35H25N3/c1-24-17-18-33-30(20-24)35-34(16-9-19-36-35)38(33)29-15-8-14-27(21-29)28-22-31(25-10-4-2-5-11-25)37-32(23-28)26-12-6-3-7-13-26/h2-23H,1H3. The van der Waals surface area contributed by atoms with Crippen molar-refractivity contribution in [3.8, 4) is 39.3 Å². The minimum atomic E-state index is 0.962. The van der Waals surface area contributed by atoms with E-state index in [2.05, 4.69) is 121 Å². The second kappa shape index (κ2) is 9.13. The van der Waals surface area contributed by atoms with E-state index < -0.39 is 0 Å². The van der Waals surface area contributed by atoms with E-state index >= 15 is 0 Å². The van der Waals surface area contributed by atoms with Gasteiger partial charge in [0.15, 0.2) is 0 Å². The number of rotatable bonds is 4. The molecule has 0 saturated heterocycles. The number of hydrogen-bond acceptors (Lipinski definition) is 2. The van der Waals surface area contributed by atoms with Gasteiger partial charge in [0, 0.05) is 28.4 Å². The van der Waals surface area contributed by atoms with Crippen molar-refractivity contribution in [2.75, 3.05) is 0 Å². The molecule has 0 unspecified atom stereocenters. The fourth-order valence-electron chi connectivity index (χ4n) is 5.26. The van der Waals surface area contributed by atoms with E-state index in [-0.39, 0.29) is 0 Å². The van der Waals surface area contributed by atoms with Crippen LogP contribution in [0, 0.1) is 6.92 Å². The summed E-state index contributed by atoms with van der Waals surface area (Å²) in [5.41, 5.74) is 12.0. The number of nitrogens with zero attached hydrogens (tertiary/aromatic N) is 3. The predicted octanol–water partition coefficient (Wildman–Crippen LogP) is 8.88. The molecule has 3 aromatic heterocycles. The third-order valence-electron chi connectivity index (χ3n) is 7.08. The van der Waals surface area contributed by atoms with Gasteiger partial charge < -0.3 is 4.57 Å². The minimum absolute atomic E-state index is 0.962. The van der Waals surface area contributed by atoms with E-state index in [1.165, 1.54) is 10.9 Å². The molecule has 0 aliphatic heterocycles. The number of benzene rings is 4. The summed E-state index contributed by atoms with van der Waals surface area (Å²) in [4.78, 5) is 9.79. The van der Waals surface area contributed by atoms with Crippen LogP contribution in [-0.2, 0) is 0 Å². The van der Waals surface area contributed by atoms with Gasteiger partial charge >= 0.3 is 0 Å². The molecule has 7 aromatic rings. The van der Waals surface area contributed by atoms with Crippen molar-refractivity contribution in [3.63, 3.8) is 0 Å². The highest BCUT2D eigenvalue weighted by Gasteiger charge is 2.14. The van der Waals surface area contributed by atoms with Crippen LogP contribution in [0.15, 0.2) is 134 Å². The zero-order valence-corrected chi connectivity index (χ0v) is 21.0. The highest BCUT2D eigenvalue weighted by Crippen LogP contribution is 2.34. The van der Waals surface area contributed by atoms with Crippen molar-refractivity contribution in [2.24, 2.45) is 0 Å². The summed E-state index contributed by atoms with van der Waals surface area (Å²) >= 11 is 0. The van der Waals surface area contributed by atoms with Gasteiger partial charge in [-0.25, -0.2) is 4.98 Å². The van der Waals surface area contributed by atoms with Gasteiger partial charge in [0.1, 0.15) is 0 Å². The van der Waals surface area contributed by atoms with Crippen molar-refractivity contribution < 1.29 is 0 Å². The Kier molecular flexibility index (Phi) is 5.33. The van der Waals surface area contributed by atoms with Crippen LogP contribution >= 0.6 is 0 Å². The molecular formula is C35H25N3. The van der Waals surface area contributed by atoms with Gasteiger partial charge in [-0.15, -0.1) is 0 Å². The van der Waals surface area contributed by atoms with Crippen molar-refractivity contribution >= 4 is 21.9 Å². The molecule has 0 radical (unpaired) electrons. The molecule has 3 heterocycles. The van der Waals surface area contributed by atoms with E-state index in [9.17, 15) is 0 Å². The Hall–Kier alpha value is -5.02. The maximum Gasteiger partial charge on any atom is 0.0963 e. The lowest BCUT2D eigenvalue weighted by molar-refractivity contribution is 1.17. The monoisotopic (exact) mass is 487 g/mol. The average molecular weight is 488 g/mol. The molecule has 0 N–H and O–H groups in total. The molecule has 0 fully saturated rings. The van der Waals surface area contributed by atoms with E-state index in [1.807, 2.05) is 24.4 Å². The summed E-state index contributed by atoms with van der Waals surface area (Å²) in [5, 5.41) is 1.17. The number of hydrogen-bond donors (Lipinski definition) is 0. The summed E-state index contributed by atoms with van der Waals surface area (Å²) in [6.45, 7) is 2.13. The Morgan fingerprint density at radius 3 is 1.92 bits per heavy atom. The molecule has 0 saturated carbocycles. The van der Waals surface area contributed by atoms with Crippen molar-refractivity contribution in [3.05, 3.63) is 139 Å². The zero-order chi connectivity index (χ0) is 25.5. The number of pyridine rings is 2. The van der Waals surface area contributed by atoms with E-state index in [1.54, 1.807) is 0 Å². The maximum atomic E-state index is 5.05. The quantitative estimate of drug-likeness (QED) is 0.248. The third kappa shape index (κ3) is 3.86. The summed E-state index contributed by atoms with van der Waals surface area (Å²) in [6.07, 6.45) is 1.87. The third-order valence-corrected chi connectivity index (χ3v) is 7.08. The molecule has 38 heavy (non-hydrogen) atoms. The van der Waals surface area contributed by atoms with Crippen molar-refractivity contribution in [1.82, 2.24) is 14.5 Å². The average Bonchev–Trinajstić information content (AvgIpc) is 3.31. The van der Waals surface area contributed by atoms with Gasteiger partial charge in [0.05, 0.1) is 27.9 Å². The summed E-state index contributed by atoms with van der Waals surface area (Å²) < 4.78 is 2.32. The van der Waals surface area contributed by atoms with E-state index in [0.29, 0.717) is 0 Å². The topological polar surface area (TPSA) is 30.7 Å². The zero-order valence-electron chi connectivity index (χ0n) is 21.0. The van der Waals surface area contributed by atoms with E-state index in [4.69, 9.17) is 9.97 Å². The number of fused-ring (bicyclic) bond motifs is 3. The Bertz CT molecular complexity index is 1860. The second-order valence-electron chi connectivity index (χ2n) is 9.64. The summed E-state index contributed by atoms with van der Waals surface area (Å²) in [6, 6.07) is 44.7. The van der Waals surface area contributed by atoms with Crippen LogP contribution in [0.3, 0.4) is 0 Å². The molecule has 3 nitrogen and oxygen atoms in total. The Morgan fingerprint density at radius 1 is 0.526 bits per heavy atom. The van der Waals surface area contributed by atoms with Crippen LogP contribution in [0.2, 0.25) is 0 Å². The molecule has 0 atom stereocenters. The predicted molar refractivity (Wildman–Crippen MR) is 157 cm³/mol. The normalized spacial score (nSPS) is 11.3. The van der Waals surface area contributed by atoms with Gasteiger partial charge in [-0.05, 0) is 66.6 Å². The fourth-order valence-corrected chi connectivity index (χ4v) is 5.26. The summed E-state index contributed by atoms with van der Waals surface area (Å²) in [7, 11) is 0. The Labute approximate surface area is 221 Å². The van der Waals surface area contributed by atoms with Crippen molar-refractivity contribution in [2.45, 2.75) is 6.92 Å². The maximum absolute atomic E-state index is 5.05. The first-order valence-electron chi connectivity index (χ1n) is 12.8. The second-order valence-corrected chi connectivity index (χ2v) is 9.64. The molecule has 0 amide bonds. The molecule has 0 spiro atoms. The van der Waals surface area contributed by atoms with Gasteiger partial charge in [-0.1, -0.05) is 84.4 Å². The molecule has 0 bridgehead atoms. The molecule has 0 aliphatic rings. The van der Waals surface area contributed by atoms with Gasteiger partial charge in [-0.3, -0.25) is 4.98 Å². The van der Waals surface area contributed by atoms with Crippen LogP contribution in [0.25, 0.3) is 61.3 Å². The fraction of sp³-hybridized carbons (Fsp3) is 0.0286. The Morgan fingerprint density at radius 2 is 1.21 bits per heavy atom. The highest BCUT2D eigenvalue weighted by molar-refractivity contribution is 6.07. The minimum Gasteiger partial charge on any atom is -0.308 e. The largest absolute Gasteiger partial charge is 0.308 e. The first kappa shape index (κ1) is 22.2. The summed E-state index contributed by atoms with van der Waals surface area (Å²) in [5.74, 6) is 0. The van der Waals surface area contributed by atoms with Crippen LogP contribution in [0.5, 0.6) is 0 Å². The molecular weight excluding hydrogens is 462 g/mol. The van der Waals surface area contributed by atoms with E-state index in [0.717, 1.165) is 55.9 Å². The van der Waals surface area contributed by atoms with Crippen LogP contribution in [0.4, 0.5) is 0 Å². The smallest absolute Gasteiger partial charge is 0.0963 e. The molecule has 3 heteroatoms. The van der Waals surface area contributed by atoms with Gasteiger partial charge in [0.2, 0.25) is 0 Å². The lowest BCUT2D eigenvalue weighted by Gasteiger charge is -2.13. The highest BCUT2D eigenvalue weighted by atomic mass is 15.0. The van der Waals surface area contributed by atoms with Crippen LogP contribution in [-0.4, -0.2) is 14.5 Å². The number of aryl methyl sites for hydroxylation is 1. The first-order chi connectivity index (χ1) is 18.7. The Balaban J connectivity index is 1.44. The SMILES string of the molecule is Cc1ccc2c(c1)c1ncccc1n2-c1cccc(-c2cc(-c3ccccc3)nc(-c3ccccc3)c2)c1. The van der Waals surface area contributed by atoms with Crippen molar-refractivity contribution in [1.29, 1.82) is 0 Å². The van der Waals surface area contributed by atoms with Crippen LogP contribution < -0.4 is 0 Å².